The Hall–Kier alpha value is -2.05. The summed E-state index contributed by atoms with van der Waals surface area (Å²) in [6.07, 6.45) is 3.83. The lowest BCUT2D eigenvalue weighted by Crippen LogP contribution is -2.36. The van der Waals surface area contributed by atoms with Gasteiger partial charge in [0.2, 0.25) is 5.91 Å². The average molecular weight is 365 g/mol. The molecule has 0 saturated carbocycles. The number of nitrogens with zero attached hydrogens (tertiary/aromatic N) is 2. The fourth-order valence-electron chi connectivity index (χ4n) is 3.12. The molecule has 0 unspecified atom stereocenters. The first-order valence-corrected chi connectivity index (χ1v) is 8.30. The van der Waals surface area contributed by atoms with Crippen LogP contribution in [0.2, 0.25) is 0 Å². The quantitative estimate of drug-likeness (QED) is 0.765. The maximum Gasteiger partial charge on any atom is 0.225 e. The molecule has 1 amide bonds. The third-order valence-electron chi connectivity index (χ3n) is 4.46. The van der Waals surface area contributed by atoms with E-state index in [9.17, 15) is 4.79 Å². The van der Waals surface area contributed by atoms with Crippen molar-refractivity contribution in [3.63, 3.8) is 0 Å². The van der Waals surface area contributed by atoms with Gasteiger partial charge in [0.05, 0.1) is 18.7 Å². The number of ether oxygens (including phenoxy) is 1. The summed E-state index contributed by atoms with van der Waals surface area (Å²) in [7, 11) is 1.89. The van der Waals surface area contributed by atoms with Crippen LogP contribution in [0.25, 0.3) is 0 Å². The molecular formula is C18H25ClN4O2. The van der Waals surface area contributed by atoms with Crippen molar-refractivity contribution >= 4 is 18.3 Å². The zero-order chi connectivity index (χ0) is 16.9. The Balaban J connectivity index is 0.00000225. The first-order valence-electron chi connectivity index (χ1n) is 8.30. The van der Waals surface area contributed by atoms with Gasteiger partial charge in [-0.25, -0.2) is 0 Å². The van der Waals surface area contributed by atoms with Crippen molar-refractivity contribution in [2.24, 2.45) is 13.0 Å². The topological polar surface area (TPSA) is 68.2 Å². The van der Waals surface area contributed by atoms with Crippen molar-refractivity contribution in [3.8, 4) is 5.75 Å². The Bertz CT molecular complexity index is 704. The molecule has 1 fully saturated rings. The number of nitrogens with one attached hydrogen (secondary N) is 2. The molecular weight excluding hydrogens is 340 g/mol. The molecule has 2 N–H and O–H groups in total. The zero-order valence-corrected chi connectivity index (χ0v) is 15.4. The largest absolute Gasteiger partial charge is 0.491 e. The zero-order valence-electron chi connectivity index (χ0n) is 14.6. The minimum Gasteiger partial charge on any atom is -0.491 e. The number of aryl methyl sites for hydroxylation is 2. The van der Waals surface area contributed by atoms with Gasteiger partial charge in [-0.3, -0.25) is 9.48 Å². The van der Waals surface area contributed by atoms with Crippen LogP contribution in [0.4, 0.5) is 0 Å². The maximum atomic E-state index is 12.5. The Morgan fingerprint density at radius 1 is 1.40 bits per heavy atom. The second-order valence-electron chi connectivity index (χ2n) is 6.22. The number of hydrogen-bond acceptors (Lipinski definition) is 4. The van der Waals surface area contributed by atoms with Crippen LogP contribution in [-0.4, -0.2) is 41.9 Å². The molecule has 2 aromatic rings. The highest BCUT2D eigenvalue weighted by atomic mass is 35.5. The van der Waals surface area contributed by atoms with Crippen LogP contribution in [-0.2, 0) is 11.8 Å². The van der Waals surface area contributed by atoms with Crippen LogP contribution < -0.4 is 15.4 Å². The number of para-hydroxylation sites is 1. The summed E-state index contributed by atoms with van der Waals surface area (Å²) in [5.74, 6) is 1.05. The lowest BCUT2D eigenvalue weighted by atomic mass is 9.90. The molecule has 25 heavy (non-hydrogen) atoms. The summed E-state index contributed by atoms with van der Waals surface area (Å²) in [6.45, 7) is 4.49. The molecule has 6 nitrogen and oxygen atoms in total. The van der Waals surface area contributed by atoms with Gasteiger partial charge in [0, 0.05) is 32.3 Å². The van der Waals surface area contributed by atoms with Gasteiger partial charge in [0.25, 0.3) is 0 Å². The highest BCUT2D eigenvalue weighted by Crippen LogP contribution is 2.27. The van der Waals surface area contributed by atoms with E-state index in [4.69, 9.17) is 4.74 Å². The van der Waals surface area contributed by atoms with E-state index in [2.05, 4.69) is 15.7 Å². The van der Waals surface area contributed by atoms with E-state index in [-0.39, 0.29) is 30.2 Å². The van der Waals surface area contributed by atoms with Crippen LogP contribution in [0.3, 0.4) is 0 Å². The van der Waals surface area contributed by atoms with Gasteiger partial charge in [0.15, 0.2) is 0 Å². The molecule has 3 rings (SSSR count). The SMILES string of the molecule is Cc1ccccc1OCCNC(=O)[C@H]1CNC[C@@H]1c1cnn(C)c1.Cl. The first-order chi connectivity index (χ1) is 11.6. The number of carbonyl (C=O) groups excluding carboxylic acids is 1. The Morgan fingerprint density at radius 3 is 2.92 bits per heavy atom. The van der Waals surface area contributed by atoms with Crippen molar-refractivity contribution < 1.29 is 9.53 Å². The first kappa shape index (κ1) is 19.3. The molecule has 1 aromatic carbocycles. The summed E-state index contributed by atoms with van der Waals surface area (Å²) in [6, 6.07) is 7.88. The van der Waals surface area contributed by atoms with Gasteiger partial charge >= 0.3 is 0 Å². The number of rotatable bonds is 6. The summed E-state index contributed by atoms with van der Waals surface area (Å²) < 4.78 is 7.50. The summed E-state index contributed by atoms with van der Waals surface area (Å²) in [5, 5.41) is 10.5. The Kier molecular flexibility index (Phi) is 6.84. The van der Waals surface area contributed by atoms with Crippen molar-refractivity contribution in [1.29, 1.82) is 0 Å². The summed E-state index contributed by atoms with van der Waals surface area (Å²) >= 11 is 0. The van der Waals surface area contributed by atoms with Crippen molar-refractivity contribution in [3.05, 3.63) is 47.8 Å². The monoisotopic (exact) mass is 364 g/mol. The van der Waals surface area contributed by atoms with Crippen LogP contribution in [0.15, 0.2) is 36.7 Å². The summed E-state index contributed by atoms with van der Waals surface area (Å²) in [4.78, 5) is 12.5. The minimum absolute atomic E-state index is 0. The standard InChI is InChI=1S/C18H24N4O2.ClH/c1-13-5-3-4-6-17(13)24-8-7-20-18(23)16-11-19-10-15(16)14-9-21-22(2)12-14;/h3-6,9,12,15-16,19H,7-8,10-11H2,1-2H3,(H,20,23);1H/t15-,16+;/m1./s1. The van der Waals surface area contributed by atoms with Crippen molar-refractivity contribution in [2.45, 2.75) is 12.8 Å². The predicted molar refractivity (Wildman–Crippen MR) is 99.2 cm³/mol. The van der Waals surface area contributed by atoms with E-state index >= 15 is 0 Å². The van der Waals surface area contributed by atoms with E-state index < -0.39 is 0 Å². The van der Waals surface area contributed by atoms with Crippen LogP contribution in [0, 0.1) is 12.8 Å². The molecule has 0 radical (unpaired) electrons. The molecule has 0 aliphatic carbocycles. The number of benzene rings is 1. The van der Waals surface area contributed by atoms with Crippen LogP contribution >= 0.6 is 12.4 Å². The Labute approximate surface area is 154 Å². The highest BCUT2D eigenvalue weighted by molar-refractivity contribution is 5.85. The lowest BCUT2D eigenvalue weighted by molar-refractivity contribution is -0.124. The average Bonchev–Trinajstić information content (AvgIpc) is 3.21. The van der Waals surface area contributed by atoms with Crippen LogP contribution in [0.5, 0.6) is 5.75 Å². The predicted octanol–water partition coefficient (Wildman–Crippen LogP) is 1.65. The number of aromatic nitrogens is 2. The third kappa shape index (κ3) is 4.74. The molecule has 1 aliphatic rings. The third-order valence-corrected chi connectivity index (χ3v) is 4.46. The molecule has 2 atom stereocenters. The van der Waals surface area contributed by atoms with E-state index in [1.165, 1.54) is 0 Å². The van der Waals surface area contributed by atoms with Gasteiger partial charge < -0.3 is 15.4 Å². The van der Waals surface area contributed by atoms with E-state index in [1.807, 2.05) is 50.6 Å². The number of halogens is 1. The van der Waals surface area contributed by atoms with Crippen molar-refractivity contribution in [2.75, 3.05) is 26.2 Å². The molecule has 1 saturated heterocycles. The van der Waals surface area contributed by atoms with Gasteiger partial charge in [-0.1, -0.05) is 18.2 Å². The van der Waals surface area contributed by atoms with Gasteiger partial charge in [0.1, 0.15) is 12.4 Å². The van der Waals surface area contributed by atoms with E-state index in [0.29, 0.717) is 19.7 Å². The second-order valence-corrected chi connectivity index (χ2v) is 6.22. The fourth-order valence-corrected chi connectivity index (χ4v) is 3.12. The fraction of sp³-hybridized carbons (Fsp3) is 0.444. The number of amides is 1. The molecule has 2 heterocycles. The molecule has 0 spiro atoms. The molecule has 136 valence electrons. The van der Waals surface area contributed by atoms with Gasteiger partial charge in [-0.2, -0.15) is 5.10 Å². The maximum absolute atomic E-state index is 12.5. The van der Waals surface area contributed by atoms with E-state index in [1.54, 1.807) is 4.68 Å². The second kappa shape index (κ2) is 8.87. The number of hydrogen-bond donors (Lipinski definition) is 2. The van der Waals surface area contributed by atoms with Gasteiger partial charge in [-0.05, 0) is 24.1 Å². The number of carbonyl (C=O) groups is 1. The highest BCUT2D eigenvalue weighted by Gasteiger charge is 2.34. The normalized spacial score (nSPS) is 19.3. The molecule has 0 bridgehead atoms. The minimum atomic E-state index is -0.0624. The van der Waals surface area contributed by atoms with E-state index in [0.717, 1.165) is 23.4 Å². The molecule has 1 aromatic heterocycles. The van der Waals surface area contributed by atoms with Crippen LogP contribution in [0.1, 0.15) is 17.0 Å². The van der Waals surface area contributed by atoms with Crippen molar-refractivity contribution in [1.82, 2.24) is 20.4 Å². The lowest BCUT2D eigenvalue weighted by Gasteiger charge is -2.17. The summed E-state index contributed by atoms with van der Waals surface area (Å²) in [5.41, 5.74) is 2.21. The smallest absolute Gasteiger partial charge is 0.225 e. The Morgan fingerprint density at radius 2 is 2.20 bits per heavy atom. The molecule has 7 heteroatoms. The van der Waals surface area contributed by atoms with Gasteiger partial charge in [-0.15, -0.1) is 12.4 Å². The molecule has 1 aliphatic heterocycles.